The Morgan fingerprint density at radius 2 is 1.35 bits per heavy atom. The number of benzene rings is 4. The minimum atomic E-state index is -0.921. The monoisotopic (exact) mass is 652 g/mol. The summed E-state index contributed by atoms with van der Waals surface area (Å²) in [5.74, 6) is -0.862. The van der Waals surface area contributed by atoms with Crippen molar-refractivity contribution in [1.29, 1.82) is 0 Å². The Labute approximate surface area is 286 Å². The summed E-state index contributed by atoms with van der Waals surface area (Å²) < 4.78 is 5.94. The molecule has 2 saturated heterocycles. The molecule has 8 heteroatoms. The molecule has 0 unspecified atom stereocenters. The number of para-hydroxylation sites is 1. The highest BCUT2D eigenvalue weighted by molar-refractivity contribution is 6.05. The van der Waals surface area contributed by atoms with Crippen molar-refractivity contribution in [3.05, 3.63) is 125 Å². The van der Waals surface area contributed by atoms with Crippen LogP contribution in [0.25, 0.3) is 33.3 Å². The number of rotatable bonds is 7. The number of ether oxygens (including phenoxy) is 1. The fourth-order valence-electron chi connectivity index (χ4n) is 8.11. The van der Waals surface area contributed by atoms with E-state index in [0.29, 0.717) is 48.7 Å². The smallest absolute Gasteiger partial charge is 0.409 e. The van der Waals surface area contributed by atoms with E-state index in [-0.39, 0.29) is 12.0 Å². The normalized spacial score (nSPS) is 17.2. The van der Waals surface area contributed by atoms with Crippen LogP contribution in [0, 0.1) is 0 Å². The molecule has 1 amide bonds. The third-order valence-electron chi connectivity index (χ3n) is 10.6. The molecule has 248 valence electrons. The molecule has 0 atom stereocenters. The number of hydrogen-bond acceptors (Lipinski definition) is 6. The zero-order valence-electron chi connectivity index (χ0n) is 27.5. The van der Waals surface area contributed by atoms with Crippen molar-refractivity contribution < 1.29 is 19.4 Å². The Morgan fingerprint density at radius 3 is 2.02 bits per heavy atom. The Morgan fingerprint density at radius 1 is 0.735 bits per heavy atom. The highest BCUT2D eigenvalue weighted by Crippen LogP contribution is 2.44. The summed E-state index contributed by atoms with van der Waals surface area (Å²) in [6, 6.07) is 34.7. The van der Waals surface area contributed by atoms with E-state index in [9.17, 15) is 14.7 Å². The molecule has 0 spiro atoms. The predicted octanol–water partition coefficient (Wildman–Crippen LogP) is 7.13. The average molecular weight is 653 g/mol. The number of carbonyl (C=O) groups excluding carboxylic acids is 1. The van der Waals surface area contributed by atoms with E-state index < -0.39 is 5.97 Å². The molecule has 8 nitrogen and oxygen atoms in total. The lowest BCUT2D eigenvalue weighted by Crippen LogP contribution is -2.54. The fraction of sp³-hybridized carbons (Fsp3) is 0.293. The molecular weight excluding hydrogens is 612 g/mol. The molecule has 3 aliphatic rings. The van der Waals surface area contributed by atoms with Crippen LogP contribution in [0.1, 0.15) is 45.8 Å². The van der Waals surface area contributed by atoms with Crippen LogP contribution in [0.3, 0.4) is 0 Å². The van der Waals surface area contributed by atoms with Crippen molar-refractivity contribution in [1.82, 2.24) is 19.7 Å². The fourth-order valence-corrected chi connectivity index (χ4v) is 8.11. The summed E-state index contributed by atoms with van der Waals surface area (Å²) in [7, 11) is 0. The molecular formula is C41H40N4O4. The van der Waals surface area contributed by atoms with E-state index in [0.717, 1.165) is 55.8 Å². The number of carboxylic acids is 1. The summed E-state index contributed by atoms with van der Waals surface area (Å²) in [4.78, 5) is 37.6. The quantitative estimate of drug-likeness (QED) is 0.200. The minimum Gasteiger partial charge on any atom is -0.478 e. The van der Waals surface area contributed by atoms with E-state index >= 15 is 0 Å². The molecule has 49 heavy (non-hydrogen) atoms. The van der Waals surface area contributed by atoms with Gasteiger partial charge in [0.25, 0.3) is 0 Å². The van der Waals surface area contributed by atoms with Gasteiger partial charge in [-0.05, 0) is 54.3 Å². The van der Waals surface area contributed by atoms with Crippen molar-refractivity contribution in [2.24, 2.45) is 0 Å². The Bertz CT molecular complexity index is 1950. The van der Waals surface area contributed by atoms with E-state index in [1.807, 2.05) is 59.5 Å². The first kappa shape index (κ1) is 31.2. The molecule has 8 rings (SSSR count). The molecule has 2 aliphatic heterocycles. The summed E-state index contributed by atoms with van der Waals surface area (Å²) in [6.07, 6.45) is 1.76. The molecule has 1 aromatic heterocycles. The third-order valence-corrected chi connectivity index (χ3v) is 10.6. The number of fused-ring (bicyclic) bond motifs is 4. The number of carboxylic acid groups (broad SMARTS) is 1. The third kappa shape index (κ3) is 6.07. The number of nitrogens with zero attached hydrogens (tertiary/aromatic N) is 4. The predicted molar refractivity (Wildman–Crippen MR) is 191 cm³/mol. The van der Waals surface area contributed by atoms with Crippen LogP contribution in [-0.4, -0.2) is 88.8 Å². The number of amides is 1. The molecule has 3 heterocycles. The Kier molecular flexibility index (Phi) is 8.58. The number of aromatic nitrogens is 1. The van der Waals surface area contributed by atoms with Crippen LogP contribution in [0.15, 0.2) is 103 Å². The van der Waals surface area contributed by atoms with Gasteiger partial charge >= 0.3 is 12.1 Å². The van der Waals surface area contributed by atoms with Gasteiger partial charge < -0.3 is 14.7 Å². The van der Waals surface area contributed by atoms with Gasteiger partial charge in [-0.1, -0.05) is 97.1 Å². The number of piperazine rings is 1. The van der Waals surface area contributed by atoms with Crippen molar-refractivity contribution in [2.45, 2.75) is 31.3 Å². The zero-order chi connectivity index (χ0) is 33.3. The zero-order valence-corrected chi connectivity index (χ0v) is 27.5. The van der Waals surface area contributed by atoms with E-state index in [1.165, 1.54) is 22.3 Å². The summed E-state index contributed by atoms with van der Waals surface area (Å²) in [6.45, 7) is 5.58. The SMILES string of the molecule is O=C(O)c1c(CN2CCC(N3CCN(C(=O)OCC4c5ccccc5-c5ccccc54)CC3)CC2)c(-c2ccccc2)nc2ccccc12. The van der Waals surface area contributed by atoms with Crippen LogP contribution >= 0.6 is 0 Å². The highest BCUT2D eigenvalue weighted by Gasteiger charge is 2.33. The van der Waals surface area contributed by atoms with Crippen LogP contribution in [0.2, 0.25) is 0 Å². The maximum atomic E-state index is 13.2. The Hall–Kier alpha value is -5.05. The van der Waals surface area contributed by atoms with Gasteiger partial charge in [0.05, 0.1) is 16.8 Å². The second-order valence-corrected chi connectivity index (χ2v) is 13.3. The lowest BCUT2D eigenvalue weighted by Gasteiger charge is -2.42. The number of likely N-dealkylation sites (tertiary alicyclic amines) is 1. The number of carbonyl (C=O) groups is 2. The second kappa shape index (κ2) is 13.5. The van der Waals surface area contributed by atoms with E-state index in [2.05, 4.69) is 58.3 Å². The van der Waals surface area contributed by atoms with E-state index in [4.69, 9.17) is 9.72 Å². The largest absolute Gasteiger partial charge is 0.478 e. The molecule has 4 aromatic carbocycles. The van der Waals surface area contributed by atoms with Crippen molar-refractivity contribution >= 4 is 23.0 Å². The van der Waals surface area contributed by atoms with Crippen molar-refractivity contribution in [3.8, 4) is 22.4 Å². The molecule has 5 aromatic rings. The van der Waals surface area contributed by atoms with Gasteiger partial charge in [-0.25, -0.2) is 14.6 Å². The first-order chi connectivity index (χ1) is 24.0. The van der Waals surface area contributed by atoms with Crippen LogP contribution < -0.4 is 0 Å². The topological polar surface area (TPSA) is 86.2 Å². The van der Waals surface area contributed by atoms with Crippen LogP contribution in [-0.2, 0) is 11.3 Å². The van der Waals surface area contributed by atoms with Crippen LogP contribution in [0.4, 0.5) is 4.79 Å². The van der Waals surface area contributed by atoms with Gasteiger partial charge in [0.1, 0.15) is 6.61 Å². The van der Waals surface area contributed by atoms with Gasteiger partial charge in [-0.15, -0.1) is 0 Å². The summed E-state index contributed by atoms with van der Waals surface area (Å²) >= 11 is 0. The number of hydrogen-bond donors (Lipinski definition) is 1. The van der Waals surface area contributed by atoms with Crippen LogP contribution in [0.5, 0.6) is 0 Å². The highest BCUT2D eigenvalue weighted by atomic mass is 16.6. The number of pyridine rings is 1. The molecule has 2 fully saturated rings. The lowest BCUT2D eigenvalue weighted by molar-refractivity contribution is 0.0441. The van der Waals surface area contributed by atoms with Crippen molar-refractivity contribution in [2.75, 3.05) is 45.9 Å². The van der Waals surface area contributed by atoms with Gasteiger partial charge in [0, 0.05) is 61.2 Å². The number of aromatic carboxylic acids is 1. The lowest BCUT2D eigenvalue weighted by atomic mass is 9.95. The standard InChI is InChI=1S/C41H40N4O4/c46-40(47)38-34-16-8-9-17-37(34)42-39(28-10-2-1-3-11-28)35(38)26-43-20-18-29(19-21-43)44-22-24-45(25-23-44)41(48)49-27-36-32-14-6-4-12-30(32)31-13-5-7-15-33(31)36/h1-17,29,36H,18-27H2,(H,46,47). The summed E-state index contributed by atoms with van der Waals surface area (Å²) in [5, 5.41) is 11.1. The summed E-state index contributed by atoms with van der Waals surface area (Å²) in [5.41, 5.74) is 8.37. The van der Waals surface area contributed by atoms with E-state index in [1.54, 1.807) is 0 Å². The van der Waals surface area contributed by atoms with Gasteiger partial charge in [-0.2, -0.15) is 0 Å². The van der Waals surface area contributed by atoms with Gasteiger partial charge in [0.15, 0.2) is 0 Å². The first-order valence-electron chi connectivity index (χ1n) is 17.3. The first-order valence-corrected chi connectivity index (χ1v) is 17.3. The molecule has 0 saturated carbocycles. The average Bonchev–Trinajstić information content (AvgIpc) is 3.47. The maximum absolute atomic E-state index is 13.2. The minimum absolute atomic E-state index is 0.0589. The number of piperidine rings is 1. The Balaban J connectivity index is 0.883. The molecule has 0 radical (unpaired) electrons. The molecule has 1 N–H and O–H groups in total. The molecule has 0 bridgehead atoms. The molecule has 1 aliphatic carbocycles. The second-order valence-electron chi connectivity index (χ2n) is 13.3. The maximum Gasteiger partial charge on any atom is 0.409 e. The van der Waals surface area contributed by atoms with Crippen molar-refractivity contribution in [3.63, 3.8) is 0 Å². The van der Waals surface area contributed by atoms with Gasteiger partial charge in [-0.3, -0.25) is 9.80 Å². The van der Waals surface area contributed by atoms with Gasteiger partial charge in [0.2, 0.25) is 0 Å².